The molecule has 0 atom stereocenters. The van der Waals surface area contributed by atoms with E-state index >= 15 is 0 Å². The van der Waals surface area contributed by atoms with Crippen LogP contribution in [-0.4, -0.2) is 32.5 Å². The third-order valence-electron chi connectivity index (χ3n) is 0. The quantitative estimate of drug-likeness (QED) is 0.222. The molecule has 9 nitrogen and oxygen atoms in total. The van der Waals surface area contributed by atoms with Crippen LogP contribution < -0.4 is 0 Å². The molecule has 0 aromatic carbocycles. The van der Waals surface area contributed by atoms with Gasteiger partial charge in [-0.25, -0.2) is 0 Å². The second kappa shape index (κ2) is 75.9. The molecule has 1 radical (unpaired) electrons. The number of hydrogen-bond donors (Lipinski definition) is 0. The van der Waals surface area contributed by atoms with Gasteiger partial charge in [-0.2, -0.15) is 0 Å². The predicted octanol–water partition coefficient (Wildman–Crippen LogP) is -4.37. The van der Waals surface area contributed by atoms with Gasteiger partial charge in [0.25, 0.3) is 0 Å². The van der Waals surface area contributed by atoms with Gasteiger partial charge in [-0.15, -0.1) is 0 Å². The van der Waals surface area contributed by atoms with Crippen molar-refractivity contribution in [2.75, 3.05) is 0 Å². The smallest absolute Gasteiger partial charge is 0.412 e. The molecule has 0 amide bonds. The van der Waals surface area contributed by atoms with E-state index in [2.05, 4.69) is 0 Å². The SMILES string of the molecule is O.O.O.O.O.O=[N+]([O-])[O-].[Cu+2]. The summed E-state index contributed by atoms with van der Waals surface area (Å²) < 4.78 is 0. The second-order valence-electron chi connectivity index (χ2n) is 0.224. The predicted molar refractivity (Wildman–Crippen MR) is 28.4 cm³/mol. The van der Waals surface area contributed by atoms with E-state index in [1.54, 1.807) is 0 Å². The molecule has 0 aliphatic rings. The second-order valence-corrected chi connectivity index (χ2v) is 0.224. The Balaban J connectivity index is -0.00000000300. The molecule has 0 aliphatic heterocycles. The minimum Gasteiger partial charge on any atom is -0.412 e. The molecule has 0 saturated carbocycles. The molecular weight excluding hydrogens is 206 g/mol. The first-order valence-corrected chi connectivity index (χ1v) is 0.548. The molecule has 0 fully saturated rings. The Morgan fingerprint density at radius 2 is 0.800 bits per heavy atom. The minimum atomic E-state index is -1.75. The van der Waals surface area contributed by atoms with Crippen LogP contribution in [0.5, 0.6) is 0 Å². The zero-order chi connectivity index (χ0) is 3.58. The van der Waals surface area contributed by atoms with E-state index < -0.39 is 5.09 Å². The fourth-order valence-electron chi connectivity index (χ4n) is 0. The maximum atomic E-state index is 8.25. The summed E-state index contributed by atoms with van der Waals surface area (Å²) >= 11 is 0. The molecule has 10 heavy (non-hydrogen) atoms. The van der Waals surface area contributed by atoms with Gasteiger partial charge in [0.15, 0.2) is 0 Å². The summed E-state index contributed by atoms with van der Waals surface area (Å²) in [5, 5.41) is 14.8. The first kappa shape index (κ1) is 109. The molecule has 0 saturated heterocycles. The van der Waals surface area contributed by atoms with Crippen LogP contribution in [0.1, 0.15) is 0 Å². The van der Waals surface area contributed by atoms with E-state index in [0.29, 0.717) is 0 Å². The van der Waals surface area contributed by atoms with Gasteiger partial charge in [0.1, 0.15) is 0 Å². The van der Waals surface area contributed by atoms with Crippen molar-refractivity contribution in [3.63, 3.8) is 0 Å². The van der Waals surface area contributed by atoms with Crippen molar-refractivity contribution in [2.45, 2.75) is 0 Å². The van der Waals surface area contributed by atoms with Crippen LogP contribution in [0.15, 0.2) is 0 Å². The average molecular weight is 216 g/mol. The van der Waals surface area contributed by atoms with Crippen molar-refractivity contribution in [2.24, 2.45) is 0 Å². The molecule has 0 aromatic rings. The Bertz CT molecular complexity index is 32.2. The summed E-state index contributed by atoms with van der Waals surface area (Å²) in [6, 6.07) is 0. The third kappa shape index (κ3) is 1380. The van der Waals surface area contributed by atoms with Crippen molar-refractivity contribution in [3.05, 3.63) is 15.3 Å². The summed E-state index contributed by atoms with van der Waals surface area (Å²) in [5.41, 5.74) is 0. The van der Waals surface area contributed by atoms with E-state index in [-0.39, 0.29) is 44.4 Å². The zero-order valence-electron chi connectivity index (χ0n) is 4.47. The van der Waals surface area contributed by atoms with E-state index in [1.807, 2.05) is 0 Å². The van der Waals surface area contributed by atoms with Crippen molar-refractivity contribution in [1.29, 1.82) is 0 Å². The molecule has 0 spiro atoms. The fraction of sp³-hybridized carbons (Fsp3) is 0. The van der Waals surface area contributed by atoms with Crippen LogP contribution >= 0.6 is 0 Å². The van der Waals surface area contributed by atoms with Gasteiger partial charge in [-0.05, 0) is 0 Å². The van der Waals surface area contributed by atoms with E-state index in [0.717, 1.165) is 0 Å². The molecule has 0 rings (SSSR count). The number of nitrogens with zero attached hydrogens (tertiary/aromatic N) is 1. The molecule has 0 bridgehead atoms. The Labute approximate surface area is 65.8 Å². The summed E-state index contributed by atoms with van der Waals surface area (Å²) in [6.45, 7) is 0. The Morgan fingerprint density at radius 1 is 0.800 bits per heavy atom. The maximum absolute atomic E-state index is 8.25. The van der Waals surface area contributed by atoms with E-state index in [1.165, 1.54) is 0 Å². The third-order valence-corrected chi connectivity index (χ3v) is 0. The maximum Gasteiger partial charge on any atom is 2.00 e. The minimum absolute atomic E-state index is 0. The van der Waals surface area contributed by atoms with Crippen LogP contribution in [0.3, 0.4) is 0 Å². The molecular formula is H10CuNO8+. The van der Waals surface area contributed by atoms with Crippen LogP contribution in [0, 0.1) is 15.3 Å². The van der Waals surface area contributed by atoms with Crippen molar-refractivity contribution < 1.29 is 49.5 Å². The largest absolute Gasteiger partial charge is 2.00 e. The summed E-state index contributed by atoms with van der Waals surface area (Å²) in [6.07, 6.45) is 0. The zero-order valence-corrected chi connectivity index (χ0v) is 5.42. The van der Waals surface area contributed by atoms with Gasteiger partial charge < -0.3 is 42.7 Å². The number of hydrogen-bond acceptors (Lipinski definition) is 3. The van der Waals surface area contributed by atoms with Crippen molar-refractivity contribution in [3.8, 4) is 0 Å². The normalized spacial score (nSPS) is 2.40. The Kier molecular flexibility index (Phi) is 826. The molecule has 10 heteroatoms. The molecule has 0 aliphatic carbocycles. The van der Waals surface area contributed by atoms with Crippen LogP contribution in [0.4, 0.5) is 0 Å². The summed E-state index contributed by atoms with van der Waals surface area (Å²) in [7, 11) is 0. The van der Waals surface area contributed by atoms with Crippen molar-refractivity contribution in [1.82, 2.24) is 0 Å². The topological polar surface area (TPSA) is 224 Å². The fourth-order valence-corrected chi connectivity index (χ4v) is 0. The van der Waals surface area contributed by atoms with Gasteiger partial charge in [0.2, 0.25) is 0 Å². The van der Waals surface area contributed by atoms with Crippen molar-refractivity contribution >= 4 is 0 Å². The van der Waals surface area contributed by atoms with Gasteiger partial charge in [-0.3, -0.25) is 0 Å². The van der Waals surface area contributed by atoms with Gasteiger partial charge in [0.05, 0.1) is 5.09 Å². The van der Waals surface area contributed by atoms with Crippen LogP contribution in [0.25, 0.3) is 0 Å². The van der Waals surface area contributed by atoms with E-state index in [4.69, 9.17) is 15.3 Å². The average Bonchev–Trinajstić information content (AvgIpc) is 0.811. The van der Waals surface area contributed by atoms with Gasteiger partial charge in [0, 0.05) is 0 Å². The Hall–Kier alpha value is -0.481. The standard InChI is InChI=1S/Cu.NO3.5H2O/c;2-1(3)4;;;;;/h;;5*1H2/q+2;-1;;;;;. The first-order chi connectivity index (χ1) is 1.73. The summed E-state index contributed by atoms with van der Waals surface area (Å²) in [5.74, 6) is 0. The molecule has 0 unspecified atom stereocenters. The molecule has 10 N–H and O–H groups in total. The number of rotatable bonds is 0. The summed E-state index contributed by atoms with van der Waals surface area (Å²) in [4.78, 5) is 8.25. The molecule has 73 valence electrons. The molecule has 0 aromatic heterocycles. The van der Waals surface area contributed by atoms with E-state index in [9.17, 15) is 0 Å². The van der Waals surface area contributed by atoms with Crippen LogP contribution in [0.2, 0.25) is 0 Å². The molecule has 0 heterocycles. The van der Waals surface area contributed by atoms with Gasteiger partial charge in [-0.1, -0.05) is 0 Å². The monoisotopic (exact) mass is 215 g/mol. The van der Waals surface area contributed by atoms with Crippen LogP contribution in [-0.2, 0) is 17.1 Å². The Morgan fingerprint density at radius 3 is 0.800 bits per heavy atom. The first-order valence-electron chi connectivity index (χ1n) is 0.548. The van der Waals surface area contributed by atoms with Gasteiger partial charge >= 0.3 is 17.1 Å².